The molecule has 5 nitrogen and oxygen atoms in total. The minimum absolute atomic E-state index is 0.0153. The van der Waals surface area contributed by atoms with Gasteiger partial charge < -0.3 is 5.11 Å². The van der Waals surface area contributed by atoms with Crippen LogP contribution in [0, 0.1) is 17.0 Å². The maximum absolute atomic E-state index is 13.5. The van der Waals surface area contributed by atoms with Crippen LogP contribution in [-0.4, -0.2) is 26.1 Å². The van der Waals surface area contributed by atoms with E-state index < -0.39 is 11.6 Å². The van der Waals surface area contributed by atoms with Crippen molar-refractivity contribution in [3.8, 4) is 0 Å². The highest BCUT2D eigenvalue weighted by Crippen LogP contribution is 2.70. The number of rotatable bonds is 3. The topological polar surface area (TPSA) is 60.1 Å². The van der Waals surface area contributed by atoms with E-state index in [2.05, 4.69) is 5.10 Å². The molecule has 126 valence electrons. The van der Waals surface area contributed by atoms with E-state index in [1.807, 2.05) is 0 Å². The van der Waals surface area contributed by atoms with Crippen molar-refractivity contribution in [2.75, 3.05) is 6.61 Å². The number of hydrogen-bond donors (Lipinski definition) is 1. The largest absolute Gasteiger partial charge is 0.396 e. The third-order valence-electron chi connectivity index (χ3n) is 6.00. The fourth-order valence-corrected chi connectivity index (χ4v) is 5.02. The van der Waals surface area contributed by atoms with Gasteiger partial charge in [-0.3, -0.25) is 4.57 Å². The fraction of sp³-hybridized carbons (Fsp3) is 0.529. The summed E-state index contributed by atoms with van der Waals surface area (Å²) in [6.45, 7) is 0.155. The van der Waals surface area contributed by atoms with E-state index in [0.29, 0.717) is 24.2 Å². The number of fused-ring (bicyclic) bond motifs is 1. The third-order valence-corrected chi connectivity index (χ3v) is 6.00. The summed E-state index contributed by atoms with van der Waals surface area (Å²) in [5, 5.41) is 13.9. The van der Waals surface area contributed by atoms with Crippen LogP contribution in [-0.2, 0) is 12.0 Å². The molecule has 0 spiro atoms. The van der Waals surface area contributed by atoms with E-state index in [9.17, 15) is 18.7 Å². The molecule has 1 aromatic carbocycles. The van der Waals surface area contributed by atoms with Crippen LogP contribution in [0.5, 0.6) is 0 Å². The molecule has 0 radical (unpaired) electrons. The first-order chi connectivity index (χ1) is 11.5. The van der Waals surface area contributed by atoms with Gasteiger partial charge in [0.05, 0.1) is 11.6 Å². The van der Waals surface area contributed by atoms with Crippen LogP contribution >= 0.6 is 0 Å². The quantitative estimate of drug-likeness (QED) is 0.931. The second kappa shape index (κ2) is 4.33. The maximum Gasteiger partial charge on any atom is 0.347 e. The van der Waals surface area contributed by atoms with E-state index >= 15 is 0 Å². The van der Waals surface area contributed by atoms with Crippen molar-refractivity contribution in [2.24, 2.45) is 5.41 Å². The molecule has 1 unspecified atom stereocenters. The van der Waals surface area contributed by atoms with Crippen LogP contribution in [0.25, 0.3) is 0 Å². The van der Waals surface area contributed by atoms with Crippen molar-refractivity contribution in [3.63, 3.8) is 0 Å². The van der Waals surface area contributed by atoms with E-state index in [1.165, 1.54) is 12.1 Å². The van der Waals surface area contributed by atoms with E-state index in [-0.39, 0.29) is 29.3 Å². The van der Waals surface area contributed by atoms with Crippen LogP contribution in [0.4, 0.5) is 8.78 Å². The summed E-state index contributed by atoms with van der Waals surface area (Å²) in [6.07, 6.45) is 3.59. The molecule has 3 aliphatic carbocycles. The summed E-state index contributed by atoms with van der Waals surface area (Å²) in [5.41, 5.74) is -0.00579. The lowest BCUT2D eigenvalue weighted by molar-refractivity contribution is -0.215. The lowest BCUT2D eigenvalue weighted by atomic mass is 9.40. The summed E-state index contributed by atoms with van der Waals surface area (Å²) in [7, 11) is 0. The van der Waals surface area contributed by atoms with Crippen LogP contribution in [0.2, 0.25) is 0 Å². The predicted molar refractivity (Wildman–Crippen MR) is 80.6 cm³/mol. The van der Waals surface area contributed by atoms with Gasteiger partial charge in [0.1, 0.15) is 17.5 Å². The minimum atomic E-state index is -0.636. The Morgan fingerprint density at radius 2 is 1.88 bits per heavy atom. The average molecular weight is 333 g/mol. The molecular weight excluding hydrogens is 316 g/mol. The van der Waals surface area contributed by atoms with Crippen molar-refractivity contribution in [1.82, 2.24) is 14.3 Å². The minimum Gasteiger partial charge on any atom is -0.396 e. The first-order valence-corrected chi connectivity index (χ1v) is 8.23. The zero-order valence-corrected chi connectivity index (χ0v) is 13.0. The van der Waals surface area contributed by atoms with E-state index in [0.717, 1.165) is 25.3 Å². The number of hydrogen-bond acceptors (Lipinski definition) is 3. The molecule has 2 heterocycles. The number of halogens is 2. The number of benzene rings is 1. The monoisotopic (exact) mass is 333 g/mol. The Balaban J connectivity index is 1.54. The van der Waals surface area contributed by atoms with Crippen molar-refractivity contribution < 1.29 is 13.9 Å². The predicted octanol–water partition coefficient (Wildman–Crippen LogP) is 1.73. The fourth-order valence-electron chi connectivity index (χ4n) is 5.02. The number of aliphatic hydroxyl groups excluding tert-OH is 1. The first-order valence-electron chi connectivity index (χ1n) is 8.23. The van der Waals surface area contributed by atoms with Gasteiger partial charge in [0.15, 0.2) is 0 Å². The summed E-state index contributed by atoms with van der Waals surface area (Å²) in [4.78, 5) is 12.9. The summed E-state index contributed by atoms with van der Waals surface area (Å²) >= 11 is 0. The van der Waals surface area contributed by atoms with Gasteiger partial charge in [0.25, 0.3) is 0 Å². The Kier molecular flexibility index (Phi) is 2.59. The first kappa shape index (κ1) is 14.3. The number of aliphatic hydroxyl groups is 1. The molecule has 2 bridgehead atoms. The standard InChI is InChI=1S/C17H17F2N3O2/c18-11-3-10(4-12(19)5-11)13-1-2-14-20-22(15(24)21(13)14)17-6-16(7-17,8-17)9-23/h3-5,13,23H,1-2,6-9H2. The van der Waals surface area contributed by atoms with Gasteiger partial charge >= 0.3 is 5.69 Å². The van der Waals surface area contributed by atoms with Crippen LogP contribution in [0.1, 0.15) is 43.1 Å². The molecule has 3 fully saturated rings. The lowest BCUT2D eigenvalue weighted by Gasteiger charge is -2.69. The number of aryl methyl sites for hydroxylation is 1. The van der Waals surface area contributed by atoms with Crippen molar-refractivity contribution in [1.29, 1.82) is 0 Å². The van der Waals surface area contributed by atoms with Crippen molar-refractivity contribution in [2.45, 2.75) is 43.7 Å². The Morgan fingerprint density at radius 3 is 2.50 bits per heavy atom. The zero-order valence-electron chi connectivity index (χ0n) is 13.0. The number of nitrogens with zero attached hydrogens (tertiary/aromatic N) is 3. The Hall–Kier alpha value is -2.02. The van der Waals surface area contributed by atoms with Crippen LogP contribution < -0.4 is 5.69 Å². The van der Waals surface area contributed by atoms with Crippen LogP contribution in [0.3, 0.4) is 0 Å². The average Bonchev–Trinajstić information content (AvgIpc) is 2.97. The van der Waals surface area contributed by atoms with Crippen molar-refractivity contribution in [3.05, 3.63) is 51.7 Å². The van der Waals surface area contributed by atoms with Crippen molar-refractivity contribution >= 4 is 0 Å². The molecule has 4 aliphatic rings. The third kappa shape index (κ3) is 1.65. The Morgan fingerprint density at radius 1 is 1.21 bits per heavy atom. The molecule has 0 amide bonds. The highest BCUT2D eigenvalue weighted by atomic mass is 19.1. The van der Waals surface area contributed by atoms with Gasteiger partial charge in [-0.2, -0.15) is 5.10 Å². The SMILES string of the molecule is O=c1n(C23CC(CO)(C2)C3)nc2n1C(c1cc(F)cc(F)c1)CC2. The smallest absolute Gasteiger partial charge is 0.347 e. The molecule has 6 rings (SSSR count). The summed E-state index contributed by atoms with van der Waals surface area (Å²) in [5.74, 6) is -0.594. The van der Waals surface area contributed by atoms with E-state index in [4.69, 9.17) is 0 Å². The highest BCUT2D eigenvalue weighted by molar-refractivity contribution is 5.26. The summed E-state index contributed by atoms with van der Waals surface area (Å²) in [6, 6.07) is 3.04. The zero-order chi connectivity index (χ0) is 16.7. The maximum atomic E-state index is 13.5. The van der Waals surface area contributed by atoms with E-state index in [1.54, 1.807) is 9.25 Å². The summed E-state index contributed by atoms with van der Waals surface area (Å²) < 4.78 is 30.2. The molecule has 1 aromatic heterocycles. The molecule has 2 aromatic rings. The van der Waals surface area contributed by atoms with Gasteiger partial charge in [-0.05, 0) is 43.4 Å². The number of aromatic nitrogens is 3. The van der Waals surface area contributed by atoms with Gasteiger partial charge in [-0.25, -0.2) is 18.3 Å². The molecular formula is C17H17F2N3O2. The molecule has 7 heteroatoms. The molecule has 24 heavy (non-hydrogen) atoms. The second-order valence-corrected chi connectivity index (χ2v) is 7.65. The molecule has 1 atom stereocenters. The molecule has 3 saturated carbocycles. The van der Waals surface area contributed by atoms with Gasteiger partial charge in [-0.15, -0.1) is 0 Å². The Bertz CT molecular complexity index is 877. The lowest BCUT2D eigenvalue weighted by Crippen LogP contribution is -2.71. The molecule has 0 saturated heterocycles. The van der Waals surface area contributed by atoms with Crippen LogP contribution in [0.15, 0.2) is 23.0 Å². The molecule has 1 aliphatic heterocycles. The van der Waals surface area contributed by atoms with Gasteiger partial charge in [0.2, 0.25) is 0 Å². The Labute approximate surface area is 136 Å². The van der Waals surface area contributed by atoms with Gasteiger partial charge in [0, 0.05) is 24.5 Å². The normalized spacial score (nSPS) is 33.0. The molecule has 1 N–H and O–H groups in total. The second-order valence-electron chi connectivity index (χ2n) is 7.65. The highest BCUT2D eigenvalue weighted by Gasteiger charge is 2.70. The van der Waals surface area contributed by atoms with Gasteiger partial charge in [-0.1, -0.05) is 0 Å².